The predicted molar refractivity (Wildman–Crippen MR) is 90.8 cm³/mol. The Bertz CT molecular complexity index is 602. The topological polar surface area (TPSA) is 28.1 Å². The van der Waals surface area contributed by atoms with Crippen molar-refractivity contribution < 1.29 is 4.74 Å². The van der Waals surface area contributed by atoms with E-state index in [1.165, 1.54) is 5.69 Å². The van der Waals surface area contributed by atoms with Gasteiger partial charge in [-0.05, 0) is 42.0 Å². The van der Waals surface area contributed by atoms with Gasteiger partial charge in [0.25, 0.3) is 0 Å². The molecule has 0 amide bonds. The van der Waals surface area contributed by atoms with Gasteiger partial charge < -0.3 is 9.64 Å². The van der Waals surface area contributed by atoms with Gasteiger partial charge in [-0.3, -0.25) is 5.01 Å². The molecule has 4 heteroatoms. The standard InChI is InChI=1S/C18H21N3O/c1-22-18-9-7-16(8-10-18)15-19-21-13-11-20(12-14-21)17-5-3-2-4-6-17/h2-10,15H,11-14H2,1H3. The van der Waals surface area contributed by atoms with Crippen molar-refractivity contribution in [3.63, 3.8) is 0 Å². The molecule has 0 bridgehead atoms. The number of para-hydroxylation sites is 1. The smallest absolute Gasteiger partial charge is 0.118 e. The first-order valence-electron chi connectivity index (χ1n) is 7.58. The molecule has 1 aliphatic heterocycles. The highest BCUT2D eigenvalue weighted by molar-refractivity contribution is 5.79. The average Bonchev–Trinajstić information content (AvgIpc) is 2.61. The van der Waals surface area contributed by atoms with Crippen LogP contribution >= 0.6 is 0 Å². The van der Waals surface area contributed by atoms with Crippen molar-refractivity contribution in [3.05, 3.63) is 60.2 Å². The van der Waals surface area contributed by atoms with E-state index in [0.717, 1.165) is 37.5 Å². The lowest BCUT2D eigenvalue weighted by Crippen LogP contribution is -2.44. The molecule has 0 saturated carbocycles. The van der Waals surface area contributed by atoms with Crippen LogP contribution in [0.4, 0.5) is 5.69 Å². The molecule has 0 N–H and O–H groups in total. The Morgan fingerprint density at radius 2 is 1.59 bits per heavy atom. The van der Waals surface area contributed by atoms with Crippen LogP contribution in [0.25, 0.3) is 0 Å². The van der Waals surface area contributed by atoms with E-state index in [0.29, 0.717) is 0 Å². The lowest BCUT2D eigenvalue weighted by atomic mass is 10.2. The summed E-state index contributed by atoms with van der Waals surface area (Å²) in [5.41, 5.74) is 2.38. The maximum absolute atomic E-state index is 5.16. The molecule has 2 aromatic carbocycles. The van der Waals surface area contributed by atoms with Crippen molar-refractivity contribution in [1.29, 1.82) is 0 Å². The van der Waals surface area contributed by atoms with Crippen LogP contribution in [-0.4, -0.2) is 44.5 Å². The van der Waals surface area contributed by atoms with Gasteiger partial charge in [-0.25, -0.2) is 0 Å². The van der Waals surface area contributed by atoms with Crippen molar-refractivity contribution in [2.75, 3.05) is 38.2 Å². The molecule has 0 spiro atoms. The number of nitrogens with zero attached hydrogens (tertiary/aromatic N) is 3. The van der Waals surface area contributed by atoms with E-state index in [4.69, 9.17) is 4.74 Å². The minimum Gasteiger partial charge on any atom is -0.497 e. The molecule has 4 nitrogen and oxygen atoms in total. The third-order valence-corrected chi connectivity index (χ3v) is 3.86. The monoisotopic (exact) mass is 295 g/mol. The molecule has 0 unspecified atom stereocenters. The summed E-state index contributed by atoms with van der Waals surface area (Å²) in [6, 6.07) is 18.5. The van der Waals surface area contributed by atoms with Gasteiger partial charge in [0.1, 0.15) is 5.75 Å². The number of benzene rings is 2. The van der Waals surface area contributed by atoms with Crippen molar-refractivity contribution >= 4 is 11.9 Å². The summed E-state index contributed by atoms with van der Waals surface area (Å²) in [4.78, 5) is 2.40. The predicted octanol–water partition coefficient (Wildman–Crippen LogP) is 2.85. The zero-order valence-electron chi connectivity index (χ0n) is 12.9. The van der Waals surface area contributed by atoms with E-state index in [-0.39, 0.29) is 0 Å². The van der Waals surface area contributed by atoms with E-state index in [1.54, 1.807) is 7.11 Å². The van der Waals surface area contributed by atoms with Gasteiger partial charge in [-0.2, -0.15) is 5.10 Å². The second-order valence-corrected chi connectivity index (χ2v) is 5.29. The van der Waals surface area contributed by atoms with E-state index >= 15 is 0 Å². The van der Waals surface area contributed by atoms with E-state index in [9.17, 15) is 0 Å². The molecule has 114 valence electrons. The normalized spacial score (nSPS) is 15.3. The molecule has 1 fully saturated rings. The number of ether oxygens (including phenoxy) is 1. The van der Waals surface area contributed by atoms with Crippen LogP contribution in [-0.2, 0) is 0 Å². The molecular weight excluding hydrogens is 274 g/mol. The molecule has 3 rings (SSSR count). The highest BCUT2D eigenvalue weighted by atomic mass is 16.5. The third kappa shape index (κ3) is 3.58. The largest absolute Gasteiger partial charge is 0.497 e. The van der Waals surface area contributed by atoms with Gasteiger partial charge in [-0.15, -0.1) is 0 Å². The Hall–Kier alpha value is -2.49. The highest BCUT2D eigenvalue weighted by Gasteiger charge is 2.15. The summed E-state index contributed by atoms with van der Waals surface area (Å²) in [5, 5.41) is 6.71. The molecule has 22 heavy (non-hydrogen) atoms. The summed E-state index contributed by atoms with van der Waals surface area (Å²) >= 11 is 0. The first-order valence-corrected chi connectivity index (χ1v) is 7.58. The molecule has 0 aromatic heterocycles. The number of hydrogen-bond donors (Lipinski definition) is 0. The van der Waals surface area contributed by atoms with Crippen LogP contribution in [0, 0.1) is 0 Å². The Kier molecular flexibility index (Phi) is 4.59. The fourth-order valence-corrected chi connectivity index (χ4v) is 2.55. The number of rotatable bonds is 4. The molecule has 2 aromatic rings. The zero-order valence-corrected chi connectivity index (χ0v) is 12.9. The van der Waals surface area contributed by atoms with Crippen LogP contribution in [0.3, 0.4) is 0 Å². The summed E-state index contributed by atoms with van der Waals surface area (Å²) < 4.78 is 5.16. The van der Waals surface area contributed by atoms with Gasteiger partial charge in [-0.1, -0.05) is 18.2 Å². The molecular formula is C18H21N3O. The van der Waals surface area contributed by atoms with Crippen molar-refractivity contribution in [2.45, 2.75) is 0 Å². The summed E-state index contributed by atoms with van der Waals surface area (Å²) in [7, 11) is 1.68. The molecule has 0 aliphatic carbocycles. The Balaban J connectivity index is 1.54. The van der Waals surface area contributed by atoms with Crippen LogP contribution in [0.1, 0.15) is 5.56 Å². The Labute approximate surface area is 131 Å². The maximum atomic E-state index is 5.16. The fourth-order valence-electron chi connectivity index (χ4n) is 2.55. The Morgan fingerprint density at radius 1 is 0.909 bits per heavy atom. The average molecular weight is 295 g/mol. The number of hydrazone groups is 1. The van der Waals surface area contributed by atoms with E-state index in [2.05, 4.69) is 45.3 Å². The number of methoxy groups -OCH3 is 1. The van der Waals surface area contributed by atoms with Gasteiger partial charge in [0.15, 0.2) is 0 Å². The quantitative estimate of drug-likeness (QED) is 0.812. The van der Waals surface area contributed by atoms with Crippen LogP contribution in [0.15, 0.2) is 59.7 Å². The number of hydrogen-bond acceptors (Lipinski definition) is 4. The lowest BCUT2D eigenvalue weighted by Gasteiger charge is -2.34. The van der Waals surface area contributed by atoms with Gasteiger partial charge >= 0.3 is 0 Å². The minimum atomic E-state index is 0.869. The lowest BCUT2D eigenvalue weighted by molar-refractivity contribution is 0.272. The van der Waals surface area contributed by atoms with Crippen molar-refractivity contribution in [3.8, 4) is 5.75 Å². The van der Waals surface area contributed by atoms with Gasteiger partial charge in [0.2, 0.25) is 0 Å². The van der Waals surface area contributed by atoms with Crippen molar-refractivity contribution in [1.82, 2.24) is 5.01 Å². The van der Waals surface area contributed by atoms with E-state index in [1.807, 2.05) is 30.5 Å². The molecule has 1 aliphatic rings. The number of anilines is 1. The summed E-state index contributed by atoms with van der Waals surface area (Å²) in [5.74, 6) is 0.869. The van der Waals surface area contributed by atoms with Crippen LogP contribution < -0.4 is 9.64 Å². The van der Waals surface area contributed by atoms with Crippen LogP contribution in [0.2, 0.25) is 0 Å². The number of piperazine rings is 1. The van der Waals surface area contributed by atoms with Gasteiger partial charge in [0.05, 0.1) is 26.4 Å². The molecule has 1 saturated heterocycles. The first-order chi connectivity index (χ1) is 10.8. The molecule has 1 heterocycles. The first kappa shape index (κ1) is 14.4. The van der Waals surface area contributed by atoms with Crippen LogP contribution in [0.5, 0.6) is 5.75 Å². The fraction of sp³-hybridized carbons (Fsp3) is 0.278. The third-order valence-electron chi connectivity index (χ3n) is 3.86. The summed E-state index contributed by atoms with van der Waals surface area (Å²) in [6.07, 6.45) is 1.91. The van der Waals surface area contributed by atoms with E-state index < -0.39 is 0 Å². The maximum Gasteiger partial charge on any atom is 0.118 e. The Morgan fingerprint density at radius 3 is 2.23 bits per heavy atom. The van der Waals surface area contributed by atoms with Crippen molar-refractivity contribution in [2.24, 2.45) is 5.10 Å². The zero-order chi connectivity index (χ0) is 15.2. The second-order valence-electron chi connectivity index (χ2n) is 5.29. The van der Waals surface area contributed by atoms with Gasteiger partial charge in [0, 0.05) is 18.8 Å². The summed E-state index contributed by atoms with van der Waals surface area (Å²) in [6.45, 7) is 3.90. The SMILES string of the molecule is COc1ccc(C=NN2CCN(c3ccccc3)CC2)cc1. The minimum absolute atomic E-state index is 0.869. The molecule has 0 atom stereocenters. The second kappa shape index (κ2) is 6.98. The highest BCUT2D eigenvalue weighted by Crippen LogP contribution is 2.15. The molecule has 0 radical (unpaired) electrons.